The zero-order valence-corrected chi connectivity index (χ0v) is 14.1. The van der Waals surface area contributed by atoms with Gasteiger partial charge in [0.1, 0.15) is 5.82 Å². The van der Waals surface area contributed by atoms with Crippen LogP contribution in [0.3, 0.4) is 0 Å². The lowest BCUT2D eigenvalue weighted by Gasteiger charge is -2.14. The average molecular weight is 363 g/mol. The fourth-order valence-electron chi connectivity index (χ4n) is 2.49. The highest BCUT2D eigenvalue weighted by atomic mass is 35.5. The van der Waals surface area contributed by atoms with Gasteiger partial charge in [-0.1, -0.05) is 23.7 Å². The Bertz CT molecular complexity index is 999. The zero-order chi connectivity index (χ0) is 17.3. The van der Waals surface area contributed by atoms with Gasteiger partial charge in [-0.15, -0.1) is 11.6 Å². The first-order valence-electron chi connectivity index (χ1n) is 7.01. The van der Waals surface area contributed by atoms with Gasteiger partial charge in [0.05, 0.1) is 35.1 Å². The maximum absolute atomic E-state index is 13.0. The van der Waals surface area contributed by atoms with Gasteiger partial charge in [0, 0.05) is 5.02 Å². The van der Waals surface area contributed by atoms with E-state index >= 15 is 0 Å². The molecule has 7 heteroatoms. The molecule has 5 nitrogen and oxygen atoms in total. The van der Waals surface area contributed by atoms with Crippen molar-refractivity contribution < 1.29 is 9.53 Å². The summed E-state index contributed by atoms with van der Waals surface area (Å²) < 4.78 is 6.12. The van der Waals surface area contributed by atoms with Gasteiger partial charge in [0.25, 0.3) is 5.56 Å². The first-order chi connectivity index (χ1) is 11.6. The van der Waals surface area contributed by atoms with Crippen LogP contribution in [0.1, 0.15) is 16.2 Å². The number of hydrogen-bond acceptors (Lipinski definition) is 4. The number of carbonyl (C=O) groups is 1. The highest BCUT2D eigenvalue weighted by Crippen LogP contribution is 2.20. The van der Waals surface area contributed by atoms with E-state index in [9.17, 15) is 9.59 Å². The predicted molar refractivity (Wildman–Crippen MR) is 93.2 cm³/mol. The molecule has 0 fully saturated rings. The van der Waals surface area contributed by atoms with E-state index in [1.807, 2.05) is 0 Å². The van der Waals surface area contributed by atoms with Crippen molar-refractivity contribution in [1.29, 1.82) is 0 Å². The number of aromatic nitrogens is 2. The van der Waals surface area contributed by atoms with Crippen LogP contribution in [0.5, 0.6) is 0 Å². The maximum atomic E-state index is 13.0. The molecule has 122 valence electrons. The minimum atomic E-state index is -0.547. The Kier molecular flexibility index (Phi) is 4.55. The van der Waals surface area contributed by atoms with E-state index < -0.39 is 5.97 Å². The fourth-order valence-corrected chi connectivity index (χ4v) is 2.84. The Labute approximate surface area is 147 Å². The SMILES string of the molecule is COC(=O)c1ccccc1-n1c(CCl)nc2cc(Cl)ccc2c1=O. The molecular weight excluding hydrogens is 351 g/mol. The quantitative estimate of drug-likeness (QED) is 0.527. The first kappa shape index (κ1) is 16.5. The summed E-state index contributed by atoms with van der Waals surface area (Å²) in [6.07, 6.45) is 0. The first-order valence-corrected chi connectivity index (χ1v) is 7.93. The third kappa shape index (κ3) is 2.77. The molecule has 0 bridgehead atoms. The Morgan fingerprint density at radius 3 is 2.71 bits per heavy atom. The summed E-state index contributed by atoms with van der Waals surface area (Å²) in [5.74, 6) is -0.241. The van der Waals surface area contributed by atoms with Crippen molar-refractivity contribution in [2.45, 2.75) is 5.88 Å². The minimum absolute atomic E-state index is 0.00675. The molecule has 24 heavy (non-hydrogen) atoms. The number of methoxy groups -OCH3 is 1. The molecule has 3 aromatic rings. The molecule has 0 aliphatic carbocycles. The molecule has 0 atom stereocenters. The number of nitrogens with zero attached hydrogens (tertiary/aromatic N) is 2. The number of alkyl halides is 1. The van der Waals surface area contributed by atoms with Crippen molar-refractivity contribution in [3.63, 3.8) is 0 Å². The van der Waals surface area contributed by atoms with Crippen LogP contribution in [0.25, 0.3) is 16.6 Å². The van der Waals surface area contributed by atoms with Gasteiger partial charge in [-0.3, -0.25) is 9.36 Å². The number of para-hydroxylation sites is 1. The largest absolute Gasteiger partial charge is 0.465 e. The summed E-state index contributed by atoms with van der Waals surface area (Å²) in [5, 5.41) is 0.857. The molecule has 0 spiro atoms. The van der Waals surface area contributed by atoms with Gasteiger partial charge in [0.15, 0.2) is 0 Å². The van der Waals surface area contributed by atoms with E-state index in [-0.39, 0.29) is 17.0 Å². The molecule has 0 saturated heterocycles. The van der Waals surface area contributed by atoms with Gasteiger partial charge in [-0.2, -0.15) is 0 Å². The number of rotatable bonds is 3. The van der Waals surface area contributed by atoms with E-state index in [1.54, 1.807) is 42.5 Å². The van der Waals surface area contributed by atoms with Crippen LogP contribution in [-0.2, 0) is 10.6 Å². The number of ether oxygens (including phenoxy) is 1. The topological polar surface area (TPSA) is 61.2 Å². The van der Waals surface area contributed by atoms with E-state index in [0.29, 0.717) is 27.4 Å². The molecule has 0 amide bonds. The normalized spacial score (nSPS) is 10.8. The molecule has 0 saturated carbocycles. The van der Waals surface area contributed by atoms with Crippen molar-refractivity contribution in [3.8, 4) is 5.69 Å². The van der Waals surface area contributed by atoms with Gasteiger partial charge >= 0.3 is 5.97 Å². The third-order valence-electron chi connectivity index (χ3n) is 3.57. The van der Waals surface area contributed by atoms with E-state index in [4.69, 9.17) is 27.9 Å². The Morgan fingerprint density at radius 1 is 1.25 bits per heavy atom. The van der Waals surface area contributed by atoms with Gasteiger partial charge in [0.2, 0.25) is 0 Å². The van der Waals surface area contributed by atoms with E-state index in [1.165, 1.54) is 11.7 Å². The standard InChI is InChI=1S/C17H12Cl2N2O3/c1-24-17(23)12-4-2-3-5-14(12)21-15(9-18)20-13-8-10(19)6-7-11(13)16(21)22/h2-8H,9H2,1H3. The highest BCUT2D eigenvalue weighted by molar-refractivity contribution is 6.31. The zero-order valence-electron chi connectivity index (χ0n) is 12.6. The number of carbonyl (C=O) groups excluding carboxylic acids is 1. The van der Waals surface area contributed by atoms with Crippen molar-refractivity contribution in [2.75, 3.05) is 7.11 Å². The van der Waals surface area contributed by atoms with Crippen LogP contribution in [0.2, 0.25) is 5.02 Å². The summed E-state index contributed by atoms with van der Waals surface area (Å²) in [4.78, 5) is 29.4. The van der Waals surface area contributed by atoms with Crippen molar-refractivity contribution in [1.82, 2.24) is 9.55 Å². The second-order valence-electron chi connectivity index (χ2n) is 4.97. The molecule has 1 heterocycles. The molecule has 0 radical (unpaired) electrons. The molecular formula is C17H12Cl2N2O3. The lowest BCUT2D eigenvalue weighted by molar-refractivity contribution is 0.0600. The van der Waals surface area contributed by atoms with Crippen LogP contribution in [-0.4, -0.2) is 22.6 Å². The number of halogens is 2. The van der Waals surface area contributed by atoms with Crippen molar-refractivity contribution >= 4 is 40.1 Å². The number of esters is 1. The molecule has 0 aliphatic rings. The minimum Gasteiger partial charge on any atom is -0.465 e. The van der Waals surface area contributed by atoms with Gasteiger partial charge < -0.3 is 4.74 Å². The summed E-state index contributed by atoms with van der Waals surface area (Å²) in [7, 11) is 1.28. The summed E-state index contributed by atoms with van der Waals surface area (Å²) in [6, 6.07) is 11.5. The molecule has 2 aromatic carbocycles. The predicted octanol–water partition coefficient (Wildman–Crippen LogP) is 3.56. The van der Waals surface area contributed by atoms with Crippen LogP contribution in [0, 0.1) is 0 Å². The van der Waals surface area contributed by atoms with Crippen molar-refractivity contribution in [3.05, 3.63) is 69.2 Å². The van der Waals surface area contributed by atoms with Crippen LogP contribution >= 0.6 is 23.2 Å². The van der Waals surface area contributed by atoms with Crippen molar-refractivity contribution in [2.24, 2.45) is 0 Å². The Morgan fingerprint density at radius 2 is 2.00 bits per heavy atom. The summed E-state index contributed by atoms with van der Waals surface area (Å²) in [5.41, 5.74) is 0.747. The molecule has 3 rings (SSSR count). The number of benzene rings is 2. The highest BCUT2D eigenvalue weighted by Gasteiger charge is 2.18. The number of hydrogen-bond donors (Lipinski definition) is 0. The lowest BCUT2D eigenvalue weighted by Crippen LogP contribution is -2.25. The number of fused-ring (bicyclic) bond motifs is 1. The van der Waals surface area contributed by atoms with Crippen LogP contribution in [0.4, 0.5) is 0 Å². The third-order valence-corrected chi connectivity index (χ3v) is 4.04. The monoisotopic (exact) mass is 362 g/mol. The molecule has 0 N–H and O–H groups in total. The fraction of sp³-hybridized carbons (Fsp3) is 0.118. The Balaban J connectivity index is 2.39. The van der Waals surface area contributed by atoms with Crippen LogP contribution < -0.4 is 5.56 Å². The van der Waals surface area contributed by atoms with Gasteiger partial charge in [-0.05, 0) is 30.3 Å². The summed E-state index contributed by atoms with van der Waals surface area (Å²) in [6.45, 7) is 0. The lowest BCUT2D eigenvalue weighted by atomic mass is 10.1. The smallest absolute Gasteiger partial charge is 0.339 e. The Hall–Kier alpha value is -2.37. The maximum Gasteiger partial charge on any atom is 0.339 e. The van der Waals surface area contributed by atoms with E-state index in [0.717, 1.165) is 0 Å². The molecule has 0 aliphatic heterocycles. The van der Waals surface area contributed by atoms with Crippen LogP contribution in [0.15, 0.2) is 47.3 Å². The molecule has 1 aromatic heterocycles. The second kappa shape index (κ2) is 6.63. The summed E-state index contributed by atoms with van der Waals surface area (Å²) >= 11 is 12.0. The second-order valence-corrected chi connectivity index (χ2v) is 5.68. The van der Waals surface area contributed by atoms with Gasteiger partial charge in [-0.25, -0.2) is 9.78 Å². The van der Waals surface area contributed by atoms with E-state index in [2.05, 4.69) is 4.98 Å². The molecule has 0 unspecified atom stereocenters. The average Bonchev–Trinajstić information content (AvgIpc) is 2.60.